The Morgan fingerprint density at radius 3 is 2.40 bits per heavy atom. The van der Waals surface area contributed by atoms with Gasteiger partial charge in [-0.15, -0.1) is 0 Å². The second kappa shape index (κ2) is 12.1. The summed E-state index contributed by atoms with van der Waals surface area (Å²) in [5, 5.41) is 2.94. The molecule has 9 nitrogen and oxygen atoms in total. The molecule has 0 radical (unpaired) electrons. The van der Waals surface area contributed by atoms with Crippen molar-refractivity contribution in [3.05, 3.63) is 65.7 Å². The second-order valence-corrected chi connectivity index (χ2v) is 10.7. The molecular weight excluding hydrogens is 470 g/mol. The first-order valence-corrected chi connectivity index (χ1v) is 13.3. The lowest BCUT2D eigenvalue weighted by Gasteiger charge is -2.33. The van der Waals surface area contributed by atoms with Crippen molar-refractivity contribution in [2.45, 2.75) is 31.5 Å². The zero-order valence-electron chi connectivity index (χ0n) is 20.3. The Hall–Kier alpha value is -2.95. The highest BCUT2D eigenvalue weighted by atomic mass is 32.2. The highest BCUT2D eigenvalue weighted by molar-refractivity contribution is 7.88. The normalized spacial score (nSPS) is 16.6. The lowest BCUT2D eigenvalue weighted by molar-refractivity contribution is -0.141. The van der Waals surface area contributed by atoms with E-state index < -0.39 is 28.5 Å². The number of nitrogens with one attached hydrogen (secondary N) is 1. The molecule has 1 aliphatic heterocycles. The third kappa shape index (κ3) is 7.51. The molecule has 2 amide bonds. The number of rotatable bonds is 11. The standard InChI is InChI=1S/C25H33N3O6S/c1-27(35(3,31)32)18-23(29)28(17-19-11-13-21(33-2)14-12-19)24(20-8-5-4-6-9-20)25(30)26-16-22-10-7-15-34-22/h4-6,8-9,11-14,22,24H,7,10,15-18H2,1-3H3,(H,26,30)/t22-,24+/m0/s1. The van der Waals surface area contributed by atoms with Crippen molar-refractivity contribution in [3.63, 3.8) is 0 Å². The number of methoxy groups -OCH3 is 1. The molecule has 1 N–H and O–H groups in total. The number of ether oxygens (including phenoxy) is 2. The first-order chi connectivity index (χ1) is 16.7. The fourth-order valence-electron chi connectivity index (χ4n) is 3.87. The highest BCUT2D eigenvalue weighted by Crippen LogP contribution is 2.25. The first-order valence-electron chi connectivity index (χ1n) is 11.5. The lowest BCUT2D eigenvalue weighted by atomic mass is 10.0. The van der Waals surface area contributed by atoms with Crippen molar-refractivity contribution in [3.8, 4) is 5.75 Å². The number of carbonyl (C=O) groups excluding carboxylic acids is 2. The van der Waals surface area contributed by atoms with E-state index >= 15 is 0 Å². The van der Waals surface area contributed by atoms with Gasteiger partial charge in [-0.3, -0.25) is 9.59 Å². The zero-order chi connectivity index (χ0) is 25.4. The molecule has 0 unspecified atom stereocenters. The minimum absolute atomic E-state index is 0.0579. The van der Waals surface area contributed by atoms with Gasteiger partial charge in [-0.2, -0.15) is 4.31 Å². The van der Waals surface area contributed by atoms with E-state index in [0.717, 1.165) is 29.0 Å². The lowest BCUT2D eigenvalue weighted by Crippen LogP contribution is -2.48. The molecular formula is C25H33N3O6S. The average molecular weight is 504 g/mol. The molecule has 0 bridgehead atoms. The topological polar surface area (TPSA) is 105 Å². The largest absolute Gasteiger partial charge is 0.497 e. The highest BCUT2D eigenvalue weighted by Gasteiger charge is 2.33. The van der Waals surface area contributed by atoms with Gasteiger partial charge in [-0.25, -0.2) is 8.42 Å². The van der Waals surface area contributed by atoms with E-state index in [9.17, 15) is 18.0 Å². The van der Waals surface area contributed by atoms with Gasteiger partial charge in [0.2, 0.25) is 21.8 Å². The smallest absolute Gasteiger partial charge is 0.247 e. The Bertz CT molecular complexity index is 1090. The molecule has 0 aromatic heterocycles. The fourth-order valence-corrected chi connectivity index (χ4v) is 4.22. The van der Waals surface area contributed by atoms with Gasteiger partial charge in [-0.1, -0.05) is 42.5 Å². The number of hydrogen-bond acceptors (Lipinski definition) is 6. The molecule has 0 aliphatic carbocycles. The predicted octanol–water partition coefficient (Wildman–Crippen LogP) is 1.95. The Labute approximate surface area is 207 Å². The number of carbonyl (C=O) groups is 2. The molecule has 2 aromatic rings. The quantitative estimate of drug-likeness (QED) is 0.503. The molecule has 1 aliphatic rings. The van der Waals surface area contributed by atoms with Gasteiger partial charge in [0.15, 0.2) is 0 Å². The van der Waals surface area contributed by atoms with E-state index in [2.05, 4.69) is 5.32 Å². The van der Waals surface area contributed by atoms with Gasteiger partial charge in [0.25, 0.3) is 0 Å². The summed E-state index contributed by atoms with van der Waals surface area (Å²) in [5.74, 6) is -0.178. The summed E-state index contributed by atoms with van der Waals surface area (Å²) >= 11 is 0. The van der Waals surface area contributed by atoms with E-state index in [-0.39, 0.29) is 18.6 Å². The maximum atomic E-state index is 13.5. The van der Waals surface area contributed by atoms with E-state index in [4.69, 9.17) is 9.47 Å². The number of nitrogens with zero attached hydrogens (tertiary/aromatic N) is 2. The van der Waals surface area contributed by atoms with Crippen LogP contribution in [-0.2, 0) is 30.9 Å². The Kier molecular flexibility index (Phi) is 9.25. The van der Waals surface area contributed by atoms with Crippen molar-refractivity contribution in [1.29, 1.82) is 0 Å². The van der Waals surface area contributed by atoms with Crippen molar-refractivity contribution < 1.29 is 27.5 Å². The summed E-state index contributed by atoms with van der Waals surface area (Å²) in [6, 6.07) is 15.2. The van der Waals surface area contributed by atoms with Crippen LogP contribution in [0.1, 0.15) is 30.0 Å². The monoisotopic (exact) mass is 503 g/mol. The van der Waals surface area contributed by atoms with Crippen LogP contribution in [0.2, 0.25) is 0 Å². The Morgan fingerprint density at radius 2 is 1.83 bits per heavy atom. The Morgan fingerprint density at radius 1 is 1.14 bits per heavy atom. The van der Waals surface area contributed by atoms with Crippen LogP contribution >= 0.6 is 0 Å². The van der Waals surface area contributed by atoms with Crippen molar-refractivity contribution in [2.75, 3.05) is 40.1 Å². The summed E-state index contributed by atoms with van der Waals surface area (Å²) in [7, 11) is -0.687. The number of likely N-dealkylation sites (N-methyl/N-ethyl adjacent to an activating group) is 1. The van der Waals surface area contributed by atoms with Crippen LogP contribution < -0.4 is 10.1 Å². The zero-order valence-corrected chi connectivity index (χ0v) is 21.2. The van der Waals surface area contributed by atoms with Gasteiger partial charge in [0.05, 0.1) is 26.0 Å². The molecule has 2 aromatic carbocycles. The van der Waals surface area contributed by atoms with E-state index in [1.54, 1.807) is 43.5 Å². The molecule has 10 heteroatoms. The number of amides is 2. The molecule has 1 fully saturated rings. The number of hydrogen-bond donors (Lipinski definition) is 1. The fraction of sp³-hybridized carbons (Fsp3) is 0.440. The summed E-state index contributed by atoms with van der Waals surface area (Å²) in [6.45, 7) is 0.725. The summed E-state index contributed by atoms with van der Waals surface area (Å²) in [4.78, 5) is 28.4. The van der Waals surface area contributed by atoms with Crippen LogP contribution in [-0.4, -0.2) is 75.7 Å². The third-order valence-electron chi connectivity index (χ3n) is 5.96. The van der Waals surface area contributed by atoms with E-state index in [1.807, 2.05) is 18.2 Å². The molecule has 190 valence electrons. The van der Waals surface area contributed by atoms with Crippen LogP contribution in [0.15, 0.2) is 54.6 Å². The van der Waals surface area contributed by atoms with Crippen LogP contribution in [0.25, 0.3) is 0 Å². The van der Waals surface area contributed by atoms with Gasteiger partial charge in [0, 0.05) is 26.7 Å². The second-order valence-electron chi connectivity index (χ2n) is 8.58. The Balaban J connectivity index is 1.94. The van der Waals surface area contributed by atoms with E-state index in [1.165, 1.54) is 11.9 Å². The first kappa shape index (κ1) is 26.7. The maximum Gasteiger partial charge on any atom is 0.247 e. The number of benzene rings is 2. The van der Waals surface area contributed by atoms with Gasteiger partial charge in [0.1, 0.15) is 11.8 Å². The minimum atomic E-state index is -3.59. The van der Waals surface area contributed by atoms with Crippen molar-refractivity contribution in [2.24, 2.45) is 0 Å². The van der Waals surface area contributed by atoms with E-state index in [0.29, 0.717) is 24.5 Å². The molecule has 2 atom stereocenters. The van der Waals surface area contributed by atoms with Crippen LogP contribution in [0.4, 0.5) is 0 Å². The SMILES string of the molecule is COc1ccc(CN(C(=O)CN(C)S(C)(=O)=O)[C@@H](C(=O)NC[C@@H]2CCCO2)c2ccccc2)cc1. The van der Waals surface area contributed by atoms with Crippen molar-refractivity contribution >= 4 is 21.8 Å². The minimum Gasteiger partial charge on any atom is -0.497 e. The van der Waals surface area contributed by atoms with Crippen LogP contribution in [0, 0.1) is 0 Å². The van der Waals surface area contributed by atoms with Gasteiger partial charge >= 0.3 is 0 Å². The van der Waals surface area contributed by atoms with Crippen LogP contribution in [0.5, 0.6) is 5.75 Å². The number of sulfonamides is 1. The maximum absolute atomic E-state index is 13.5. The predicted molar refractivity (Wildman–Crippen MR) is 132 cm³/mol. The van der Waals surface area contributed by atoms with Gasteiger partial charge < -0.3 is 19.7 Å². The van der Waals surface area contributed by atoms with Crippen LogP contribution in [0.3, 0.4) is 0 Å². The molecule has 0 saturated carbocycles. The average Bonchev–Trinajstić information content (AvgIpc) is 3.36. The molecule has 0 spiro atoms. The molecule has 35 heavy (non-hydrogen) atoms. The third-order valence-corrected chi connectivity index (χ3v) is 7.22. The molecule has 3 rings (SSSR count). The molecule has 1 saturated heterocycles. The van der Waals surface area contributed by atoms with Crippen molar-refractivity contribution in [1.82, 2.24) is 14.5 Å². The molecule has 1 heterocycles. The summed E-state index contributed by atoms with van der Waals surface area (Å²) in [5.41, 5.74) is 1.40. The summed E-state index contributed by atoms with van der Waals surface area (Å²) in [6.07, 6.45) is 2.79. The van der Waals surface area contributed by atoms with Gasteiger partial charge in [-0.05, 0) is 36.1 Å². The summed E-state index contributed by atoms with van der Waals surface area (Å²) < 4.78 is 35.8.